The van der Waals surface area contributed by atoms with Gasteiger partial charge in [0.05, 0.1) is 6.61 Å². The average molecular weight is 272 g/mol. The predicted molar refractivity (Wildman–Crippen MR) is 76.3 cm³/mol. The SMILES string of the molecule is Cc1cc(-c2ccc(F)c3c2OCC[C@@H]3CN)ccn1. The van der Waals surface area contributed by atoms with Crippen molar-refractivity contribution in [3.8, 4) is 16.9 Å². The molecular weight excluding hydrogens is 255 g/mol. The molecule has 3 rings (SSSR count). The zero-order chi connectivity index (χ0) is 14.1. The zero-order valence-electron chi connectivity index (χ0n) is 11.4. The second-order valence-electron chi connectivity index (χ2n) is 5.09. The number of fused-ring (bicyclic) bond motifs is 1. The number of nitrogens with two attached hydrogens (primary N) is 1. The van der Waals surface area contributed by atoms with Gasteiger partial charge in [-0.3, -0.25) is 4.98 Å². The molecular formula is C16H17FN2O. The molecule has 2 aromatic rings. The van der Waals surface area contributed by atoms with Crippen LogP contribution in [0.2, 0.25) is 0 Å². The summed E-state index contributed by atoms with van der Waals surface area (Å²) < 4.78 is 19.9. The lowest BCUT2D eigenvalue weighted by Gasteiger charge is -2.27. The van der Waals surface area contributed by atoms with Crippen molar-refractivity contribution >= 4 is 0 Å². The second-order valence-corrected chi connectivity index (χ2v) is 5.09. The highest BCUT2D eigenvalue weighted by molar-refractivity contribution is 5.73. The molecule has 1 aliphatic rings. The van der Waals surface area contributed by atoms with Crippen LogP contribution in [-0.2, 0) is 0 Å². The molecule has 0 fully saturated rings. The number of halogens is 1. The first kappa shape index (κ1) is 13.1. The lowest BCUT2D eigenvalue weighted by molar-refractivity contribution is 0.265. The lowest BCUT2D eigenvalue weighted by atomic mass is 9.89. The van der Waals surface area contributed by atoms with Gasteiger partial charge in [0.15, 0.2) is 0 Å². The van der Waals surface area contributed by atoms with E-state index in [-0.39, 0.29) is 11.7 Å². The van der Waals surface area contributed by atoms with Gasteiger partial charge in [0, 0.05) is 28.9 Å². The number of rotatable bonds is 2. The van der Waals surface area contributed by atoms with Gasteiger partial charge in [0.25, 0.3) is 0 Å². The summed E-state index contributed by atoms with van der Waals surface area (Å²) in [5, 5.41) is 0. The molecule has 2 heterocycles. The Morgan fingerprint density at radius 2 is 2.25 bits per heavy atom. The third-order valence-electron chi connectivity index (χ3n) is 3.76. The molecule has 4 heteroatoms. The molecule has 1 atom stereocenters. The molecule has 0 bridgehead atoms. The van der Waals surface area contributed by atoms with Crippen molar-refractivity contribution in [1.82, 2.24) is 4.98 Å². The van der Waals surface area contributed by atoms with Crippen LogP contribution in [0.3, 0.4) is 0 Å². The summed E-state index contributed by atoms with van der Waals surface area (Å²) in [5.41, 5.74) is 9.21. The highest BCUT2D eigenvalue weighted by atomic mass is 19.1. The van der Waals surface area contributed by atoms with E-state index in [0.717, 1.165) is 23.2 Å². The number of nitrogens with zero attached hydrogens (tertiary/aromatic N) is 1. The Kier molecular flexibility index (Phi) is 3.40. The number of aromatic nitrogens is 1. The van der Waals surface area contributed by atoms with E-state index in [9.17, 15) is 4.39 Å². The number of hydrogen-bond donors (Lipinski definition) is 1. The molecule has 1 aromatic heterocycles. The standard InChI is InChI=1S/C16H17FN2O/c1-10-8-11(4-6-19-10)13-2-3-14(17)15-12(9-18)5-7-20-16(13)15/h2-4,6,8,12H,5,7,9,18H2,1H3/t12-/m1/s1. The van der Waals surface area contributed by atoms with Crippen LogP contribution >= 0.6 is 0 Å². The third-order valence-corrected chi connectivity index (χ3v) is 3.76. The number of benzene rings is 1. The number of ether oxygens (including phenoxy) is 1. The first-order chi connectivity index (χ1) is 9.70. The van der Waals surface area contributed by atoms with Crippen molar-refractivity contribution in [2.24, 2.45) is 5.73 Å². The van der Waals surface area contributed by atoms with Crippen LogP contribution < -0.4 is 10.5 Å². The van der Waals surface area contributed by atoms with Gasteiger partial charge in [-0.05, 0) is 49.7 Å². The molecule has 104 valence electrons. The van der Waals surface area contributed by atoms with Gasteiger partial charge >= 0.3 is 0 Å². The fourth-order valence-electron chi connectivity index (χ4n) is 2.74. The summed E-state index contributed by atoms with van der Waals surface area (Å²) >= 11 is 0. The summed E-state index contributed by atoms with van der Waals surface area (Å²) in [6.07, 6.45) is 2.52. The Hall–Kier alpha value is -1.94. The smallest absolute Gasteiger partial charge is 0.133 e. The average Bonchev–Trinajstić information content (AvgIpc) is 2.47. The lowest BCUT2D eigenvalue weighted by Crippen LogP contribution is -2.22. The maximum Gasteiger partial charge on any atom is 0.133 e. The highest BCUT2D eigenvalue weighted by Gasteiger charge is 2.26. The van der Waals surface area contributed by atoms with E-state index in [1.807, 2.05) is 19.1 Å². The minimum absolute atomic E-state index is 0.0293. The van der Waals surface area contributed by atoms with Gasteiger partial charge in [-0.25, -0.2) is 4.39 Å². The topological polar surface area (TPSA) is 48.1 Å². The van der Waals surface area contributed by atoms with Crippen LogP contribution in [0.25, 0.3) is 11.1 Å². The van der Waals surface area contributed by atoms with Crippen LogP contribution in [-0.4, -0.2) is 18.1 Å². The Morgan fingerprint density at radius 3 is 3.00 bits per heavy atom. The van der Waals surface area contributed by atoms with E-state index in [2.05, 4.69) is 4.98 Å². The molecule has 0 aliphatic carbocycles. The van der Waals surface area contributed by atoms with E-state index >= 15 is 0 Å². The van der Waals surface area contributed by atoms with Crippen LogP contribution in [0.4, 0.5) is 4.39 Å². The molecule has 0 saturated heterocycles. The Labute approximate surface area is 117 Å². The summed E-state index contributed by atoms with van der Waals surface area (Å²) in [6.45, 7) is 2.95. The molecule has 0 unspecified atom stereocenters. The first-order valence-corrected chi connectivity index (χ1v) is 6.79. The normalized spacial score (nSPS) is 17.4. The highest BCUT2D eigenvalue weighted by Crippen LogP contribution is 2.42. The van der Waals surface area contributed by atoms with Gasteiger partial charge in [-0.1, -0.05) is 0 Å². The van der Waals surface area contributed by atoms with Crippen molar-refractivity contribution in [1.29, 1.82) is 0 Å². The first-order valence-electron chi connectivity index (χ1n) is 6.79. The molecule has 1 aromatic carbocycles. The second kappa shape index (κ2) is 5.21. The summed E-state index contributed by atoms with van der Waals surface area (Å²) in [4.78, 5) is 4.19. The molecule has 0 saturated carbocycles. The van der Waals surface area contributed by atoms with Gasteiger partial charge in [0.1, 0.15) is 11.6 Å². The summed E-state index contributed by atoms with van der Waals surface area (Å²) in [5.74, 6) is 0.434. The summed E-state index contributed by atoms with van der Waals surface area (Å²) in [7, 11) is 0. The molecule has 0 spiro atoms. The number of aryl methyl sites for hydroxylation is 1. The van der Waals surface area contributed by atoms with Crippen molar-refractivity contribution in [3.63, 3.8) is 0 Å². The van der Waals surface area contributed by atoms with E-state index in [4.69, 9.17) is 10.5 Å². The van der Waals surface area contributed by atoms with Gasteiger partial charge in [-0.15, -0.1) is 0 Å². The minimum Gasteiger partial charge on any atom is -0.493 e. The van der Waals surface area contributed by atoms with Crippen molar-refractivity contribution < 1.29 is 9.13 Å². The Morgan fingerprint density at radius 1 is 1.40 bits per heavy atom. The quantitative estimate of drug-likeness (QED) is 0.914. The predicted octanol–water partition coefficient (Wildman–Crippen LogP) is 3.02. The molecule has 20 heavy (non-hydrogen) atoms. The van der Waals surface area contributed by atoms with E-state index < -0.39 is 0 Å². The van der Waals surface area contributed by atoms with Gasteiger partial charge < -0.3 is 10.5 Å². The third kappa shape index (κ3) is 2.16. The molecule has 0 radical (unpaired) electrons. The monoisotopic (exact) mass is 272 g/mol. The fraction of sp³-hybridized carbons (Fsp3) is 0.312. The van der Waals surface area contributed by atoms with Gasteiger partial charge in [-0.2, -0.15) is 0 Å². The van der Waals surface area contributed by atoms with Crippen molar-refractivity contribution in [2.75, 3.05) is 13.2 Å². The molecule has 0 amide bonds. The van der Waals surface area contributed by atoms with Crippen LogP contribution in [0, 0.1) is 12.7 Å². The van der Waals surface area contributed by atoms with Crippen LogP contribution in [0.5, 0.6) is 5.75 Å². The van der Waals surface area contributed by atoms with Crippen molar-refractivity contribution in [2.45, 2.75) is 19.3 Å². The summed E-state index contributed by atoms with van der Waals surface area (Å²) in [6, 6.07) is 7.15. The van der Waals surface area contributed by atoms with Crippen LogP contribution in [0.1, 0.15) is 23.6 Å². The van der Waals surface area contributed by atoms with Gasteiger partial charge in [0.2, 0.25) is 0 Å². The van der Waals surface area contributed by atoms with Crippen LogP contribution in [0.15, 0.2) is 30.5 Å². The Bertz CT molecular complexity index is 642. The fourth-order valence-corrected chi connectivity index (χ4v) is 2.74. The van der Waals surface area contributed by atoms with E-state index in [0.29, 0.717) is 24.5 Å². The maximum atomic E-state index is 14.1. The van der Waals surface area contributed by atoms with E-state index in [1.54, 1.807) is 12.3 Å². The minimum atomic E-state index is -0.232. The molecule has 3 nitrogen and oxygen atoms in total. The maximum absolute atomic E-state index is 14.1. The largest absolute Gasteiger partial charge is 0.493 e. The zero-order valence-corrected chi connectivity index (χ0v) is 11.4. The number of pyridine rings is 1. The molecule has 2 N–H and O–H groups in total. The van der Waals surface area contributed by atoms with Crippen molar-refractivity contribution in [3.05, 3.63) is 47.5 Å². The van der Waals surface area contributed by atoms with E-state index in [1.165, 1.54) is 6.07 Å². The Balaban J connectivity index is 2.18. The molecule has 1 aliphatic heterocycles. The number of hydrogen-bond acceptors (Lipinski definition) is 3.